The molecule has 0 radical (unpaired) electrons. The van der Waals surface area contributed by atoms with Crippen molar-refractivity contribution < 1.29 is 5.11 Å². The molecule has 0 aliphatic rings. The van der Waals surface area contributed by atoms with Crippen molar-refractivity contribution in [1.29, 1.82) is 0 Å². The molecule has 2 nitrogen and oxygen atoms in total. The van der Waals surface area contributed by atoms with Crippen LogP contribution in [0.1, 0.15) is 11.7 Å². The van der Waals surface area contributed by atoms with Gasteiger partial charge in [0.05, 0.1) is 5.52 Å². The van der Waals surface area contributed by atoms with E-state index in [4.69, 9.17) is 6.42 Å². The van der Waals surface area contributed by atoms with E-state index in [1.807, 2.05) is 30.3 Å². The molecule has 0 spiro atoms. The van der Waals surface area contributed by atoms with Crippen molar-refractivity contribution in [2.75, 3.05) is 0 Å². The van der Waals surface area contributed by atoms with E-state index >= 15 is 0 Å². The first-order chi connectivity index (χ1) is 6.81. The zero-order chi connectivity index (χ0) is 9.97. The van der Waals surface area contributed by atoms with Gasteiger partial charge in [0, 0.05) is 17.1 Å². The lowest BCUT2D eigenvalue weighted by atomic mass is 10.1. The number of fused-ring (bicyclic) bond motifs is 1. The summed E-state index contributed by atoms with van der Waals surface area (Å²) in [5.74, 6) is 2.26. The molecule has 0 saturated heterocycles. The minimum absolute atomic E-state index is 0.659. The Kier molecular flexibility index (Phi) is 2.18. The van der Waals surface area contributed by atoms with Gasteiger partial charge in [0.25, 0.3) is 0 Å². The number of nitrogens with zero attached hydrogens (tertiary/aromatic N) is 1. The van der Waals surface area contributed by atoms with Crippen LogP contribution in [0.2, 0.25) is 0 Å². The number of aliphatic hydroxyl groups excluding tert-OH is 1. The Balaban J connectivity index is 2.58. The summed E-state index contributed by atoms with van der Waals surface area (Å²) in [5, 5.41) is 10.4. The number of pyridine rings is 1. The molecular weight excluding hydrogens is 174 g/mol. The molecule has 2 heteroatoms. The van der Waals surface area contributed by atoms with Gasteiger partial charge in [0.15, 0.2) is 0 Å². The highest BCUT2D eigenvalue weighted by Gasteiger charge is 2.04. The Morgan fingerprint density at radius 1 is 1.36 bits per heavy atom. The molecule has 1 heterocycles. The summed E-state index contributed by atoms with van der Waals surface area (Å²) < 4.78 is 0. The summed E-state index contributed by atoms with van der Waals surface area (Å²) in [6, 6.07) is 9.56. The first-order valence-electron chi connectivity index (χ1n) is 4.30. The van der Waals surface area contributed by atoms with Crippen LogP contribution in [0.5, 0.6) is 0 Å². The standard InChI is InChI=1S/C12H9NO/c1-2-12(14)10-7-9-5-3-4-6-11(9)13-8-10/h1,3-8,12,14H. The maximum atomic E-state index is 9.41. The minimum Gasteiger partial charge on any atom is -0.376 e. The molecule has 0 saturated carbocycles. The second-order valence-electron chi connectivity index (χ2n) is 3.03. The number of aromatic nitrogens is 1. The van der Waals surface area contributed by atoms with Crippen LogP contribution in [0.3, 0.4) is 0 Å². The number of hydrogen-bond donors (Lipinski definition) is 1. The lowest BCUT2D eigenvalue weighted by Crippen LogP contribution is -1.94. The van der Waals surface area contributed by atoms with Gasteiger partial charge in [-0.2, -0.15) is 0 Å². The molecule has 0 aliphatic carbocycles. The van der Waals surface area contributed by atoms with Crippen molar-refractivity contribution in [2.45, 2.75) is 6.10 Å². The van der Waals surface area contributed by atoms with E-state index in [0.717, 1.165) is 10.9 Å². The molecule has 1 aromatic heterocycles. The summed E-state index contributed by atoms with van der Waals surface area (Å²) in [6.07, 6.45) is 5.86. The van der Waals surface area contributed by atoms with Crippen LogP contribution < -0.4 is 0 Å². The lowest BCUT2D eigenvalue weighted by Gasteiger charge is -2.04. The first-order valence-corrected chi connectivity index (χ1v) is 4.30. The highest BCUT2D eigenvalue weighted by molar-refractivity contribution is 5.78. The molecule has 0 amide bonds. The van der Waals surface area contributed by atoms with Crippen LogP contribution >= 0.6 is 0 Å². The summed E-state index contributed by atoms with van der Waals surface area (Å²) in [7, 11) is 0. The summed E-state index contributed by atoms with van der Waals surface area (Å²) in [4.78, 5) is 4.19. The lowest BCUT2D eigenvalue weighted by molar-refractivity contribution is 0.238. The Hall–Kier alpha value is -1.85. The Morgan fingerprint density at radius 2 is 2.14 bits per heavy atom. The SMILES string of the molecule is C#CC(O)c1cnc2ccccc2c1. The van der Waals surface area contributed by atoms with E-state index in [-0.39, 0.29) is 0 Å². The van der Waals surface area contributed by atoms with Crippen molar-refractivity contribution in [3.05, 3.63) is 42.1 Å². The fourth-order valence-electron chi connectivity index (χ4n) is 1.33. The highest BCUT2D eigenvalue weighted by atomic mass is 16.3. The molecule has 1 N–H and O–H groups in total. The molecule has 1 atom stereocenters. The van der Waals surface area contributed by atoms with Crippen LogP contribution in [0.15, 0.2) is 36.5 Å². The van der Waals surface area contributed by atoms with Crippen LogP contribution in [0.25, 0.3) is 10.9 Å². The normalized spacial score (nSPS) is 12.3. The maximum absolute atomic E-state index is 9.41. The number of benzene rings is 1. The zero-order valence-corrected chi connectivity index (χ0v) is 7.51. The van der Waals surface area contributed by atoms with Gasteiger partial charge in [-0.1, -0.05) is 24.1 Å². The van der Waals surface area contributed by atoms with Gasteiger partial charge in [-0.25, -0.2) is 0 Å². The second-order valence-corrected chi connectivity index (χ2v) is 3.03. The number of para-hydroxylation sites is 1. The molecule has 14 heavy (non-hydrogen) atoms. The Morgan fingerprint density at radius 3 is 2.93 bits per heavy atom. The van der Waals surface area contributed by atoms with E-state index in [0.29, 0.717) is 5.56 Å². The minimum atomic E-state index is -0.868. The van der Waals surface area contributed by atoms with Crippen molar-refractivity contribution in [1.82, 2.24) is 4.98 Å². The molecule has 68 valence electrons. The van der Waals surface area contributed by atoms with Crippen molar-refractivity contribution in [3.8, 4) is 12.3 Å². The second kappa shape index (κ2) is 3.49. The maximum Gasteiger partial charge on any atom is 0.141 e. The smallest absolute Gasteiger partial charge is 0.141 e. The van der Waals surface area contributed by atoms with Gasteiger partial charge in [-0.3, -0.25) is 4.98 Å². The van der Waals surface area contributed by atoms with Crippen LogP contribution in [-0.2, 0) is 0 Å². The predicted molar refractivity (Wildman–Crippen MR) is 55.5 cm³/mol. The molecular formula is C12H9NO. The van der Waals surface area contributed by atoms with Crippen molar-refractivity contribution in [3.63, 3.8) is 0 Å². The van der Waals surface area contributed by atoms with Gasteiger partial charge >= 0.3 is 0 Å². The Bertz CT molecular complexity index is 499. The topological polar surface area (TPSA) is 33.1 Å². The Labute approximate surface area is 82.2 Å². The number of aliphatic hydroxyl groups is 1. The number of hydrogen-bond acceptors (Lipinski definition) is 2. The predicted octanol–water partition coefficient (Wildman–Crippen LogP) is 1.90. The van der Waals surface area contributed by atoms with Crippen LogP contribution in [0, 0.1) is 12.3 Å². The summed E-state index contributed by atoms with van der Waals surface area (Å²) in [5.41, 5.74) is 1.56. The van der Waals surface area contributed by atoms with Gasteiger partial charge < -0.3 is 5.11 Å². The molecule has 2 rings (SSSR count). The third-order valence-corrected chi connectivity index (χ3v) is 2.09. The fourth-order valence-corrected chi connectivity index (χ4v) is 1.33. The van der Waals surface area contributed by atoms with Gasteiger partial charge in [0.2, 0.25) is 0 Å². The van der Waals surface area contributed by atoms with Crippen molar-refractivity contribution >= 4 is 10.9 Å². The quantitative estimate of drug-likeness (QED) is 0.685. The fraction of sp³-hybridized carbons (Fsp3) is 0.0833. The van der Waals surface area contributed by atoms with Gasteiger partial charge in [0.1, 0.15) is 6.10 Å². The third-order valence-electron chi connectivity index (χ3n) is 2.09. The van der Waals surface area contributed by atoms with E-state index in [2.05, 4.69) is 10.9 Å². The van der Waals surface area contributed by atoms with E-state index in [1.165, 1.54) is 0 Å². The molecule has 0 aliphatic heterocycles. The van der Waals surface area contributed by atoms with E-state index in [9.17, 15) is 5.11 Å². The van der Waals surface area contributed by atoms with Gasteiger partial charge in [-0.05, 0) is 12.1 Å². The average Bonchev–Trinajstić information content (AvgIpc) is 2.27. The first kappa shape index (κ1) is 8.74. The highest BCUT2D eigenvalue weighted by Crippen LogP contribution is 2.17. The number of terminal acetylenes is 1. The molecule has 1 unspecified atom stereocenters. The van der Waals surface area contributed by atoms with Crippen LogP contribution in [0.4, 0.5) is 0 Å². The van der Waals surface area contributed by atoms with E-state index in [1.54, 1.807) is 6.20 Å². The summed E-state index contributed by atoms with van der Waals surface area (Å²) >= 11 is 0. The average molecular weight is 183 g/mol. The van der Waals surface area contributed by atoms with Gasteiger partial charge in [-0.15, -0.1) is 6.42 Å². The zero-order valence-electron chi connectivity index (χ0n) is 7.51. The van der Waals surface area contributed by atoms with Crippen LogP contribution in [-0.4, -0.2) is 10.1 Å². The van der Waals surface area contributed by atoms with Crippen molar-refractivity contribution in [2.24, 2.45) is 0 Å². The molecule has 0 fully saturated rings. The largest absolute Gasteiger partial charge is 0.376 e. The molecule has 0 bridgehead atoms. The third kappa shape index (κ3) is 1.46. The molecule has 1 aromatic carbocycles. The summed E-state index contributed by atoms with van der Waals surface area (Å²) in [6.45, 7) is 0. The van der Waals surface area contributed by atoms with E-state index < -0.39 is 6.10 Å². The number of rotatable bonds is 1. The molecule has 2 aromatic rings. The monoisotopic (exact) mass is 183 g/mol.